The Labute approximate surface area is 190 Å². The minimum Gasteiger partial charge on any atom is -0.308 e. The molecule has 2 aromatic carbocycles. The maximum atomic E-state index is 13.4. The van der Waals surface area contributed by atoms with Gasteiger partial charge in [-0.2, -0.15) is 5.10 Å². The van der Waals surface area contributed by atoms with E-state index in [4.69, 9.17) is 0 Å². The number of fused-ring (bicyclic) bond motifs is 1. The van der Waals surface area contributed by atoms with Crippen LogP contribution in [0.1, 0.15) is 32.1 Å². The summed E-state index contributed by atoms with van der Waals surface area (Å²) in [6.45, 7) is -0.102. The quantitative estimate of drug-likeness (QED) is 0.464. The summed E-state index contributed by atoms with van der Waals surface area (Å²) in [7, 11) is 0. The summed E-state index contributed by atoms with van der Waals surface area (Å²) in [4.78, 5) is 32.8. The third-order valence-electron chi connectivity index (χ3n) is 6.17. The number of anilines is 1. The maximum Gasteiger partial charge on any atom is 0.264 e. The lowest BCUT2D eigenvalue weighted by molar-refractivity contribution is -0.119. The Morgan fingerprint density at radius 3 is 2.48 bits per heavy atom. The van der Waals surface area contributed by atoms with Gasteiger partial charge in [-0.3, -0.25) is 14.2 Å². The first-order chi connectivity index (χ1) is 16.1. The highest BCUT2D eigenvalue weighted by molar-refractivity contribution is 5.94. The van der Waals surface area contributed by atoms with Gasteiger partial charge in [0.1, 0.15) is 24.1 Å². The molecule has 5 rings (SSSR count). The average Bonchev–Trinajstić information content (AvgIpc) is 3.28. The number of aromatic nitrogens is 4. The molecule has 0 N–H and O–H groups in total. The Bertz CT molecular complexity index is 1320. The molecule has 33 heavy (non-hydrogen) atoms. The van der Waals surface area contributed by atoms with Gasteiger partial charge in [-0.05, 0) is 49.2 Å². The van der Waals surface area contributed by atoms with Gasteiger partial charge >= 0.3 is 0 Å². The Hall–Kier alpha value is -3.81. The number of carbonyl (C=O) groups excluding carboxylic acids is 1. The summed E-state index contributed by atoms with van der Waals surface area (Å²) < 4.78 is 16.1. The van der Waals surface area contributed by atoms with Gasteiger partial charge < -0.3 is 4.90 Å². The van der Waals surface area contributed by atoms with E-state index in [0.29, 0.717) is 16.7 Å². The fourth-order valence-corrected chi connectivity index (χ4v) is 4.54. The molecule has 4 aromatic rings. The van der Waals surface area contributed by atoms with Crippen LogP contribution in [0.3, 0.4) is 0 Å². The second-order valence-electron chi connectivity index (χ2n) is 8.34. The van der Waals surface area contributed by atoms with Crippen molar-refractivity contribution in [2.45, 2.75) is 44.7 Å². The molecule has 2 aromatic heterocycles. The summed E-state index contributed by atoms with van der Waals surface area (Å²) in [5.41, 5.74) is 1.47. The molecule has 0 spiro atoms. The van der Waals surface area contributed by atoms with Gasteiger partial charge in [-0.25, -0.2) is 14.1 Å². The van der Waals surface area contributed by atoms with Gasteiger partial charge in [-0.15, -0.1) is 0 Å². The van der Waals surface area contributed by atoms with Crippen LogP contribution >= 0.6 is 0 Å². The predicted octanol–water partition coefficient (Wildman–Crippen LogP) is 4.09. The zero-order valence-corrected chi connectivity index (χ0v) is 18.1. The summed E-state index contributed by atoms with van der Waals surface area (Å²) in [6, 6.07) is 15.5. The lowest BCUT2D eigenvalue weighted by Gasteiger charge is -2.34. The standard InChI is InChI=1S/C25H24FN5O2/c26-18-11-13-21(14-12-18)31-24-22(15-28-31)25(33)29(17-27-24)16-23(32)30(19-7-3-1-4-8-19)20-9-5-2-6-10-20/h1,3-4,7-8,11-15,17,20H,2,5-6,9-10,16H2. The van der Waals surface area contributed by atoms with Crippen molar-refractivity contribution in [3.63, 3.8) is 0 Å². The van der Waals surface area contributed by atoms with Crippen LogP contribution < -0.4 is 10.5 Å². The second-order valence-corrected chi connectivity index (χ2v) is 8.34. The average molecular weight is 445 g/mol. The molecule has 0 bridgehead atoms. The topological polar surface area (TPSA) is 73.0 Å². The molecule has 1 fully saturated rings. The van der Waals surface area contributed by atoms with Crippen LogP contribution in [-0.4, -0.2) is 31.3 Å². The summed E-state index contributed by atoms with van der Waals surface area (Å²) in [5.74, 6) is -0.493. The molecule has 0 atom stereocenters. The van der Waals surface area contributed by atoms with Crippen molar-refractivity contribution >= 4 is 22.6 Å². The Balaban J connectivity index is 1.46. The van der Waals surface area contributed by atoms with Crippen molar-refractivity contribution in [1.29, 1.82) is 0 Å². The third kappa shape index (κ3) is 4.16. The Kier molecular flexibility index (Phi) is 5.73. The monoisotopic (exact) mass is 445 g/mol. The van der Waals surface area contributed by atoms with E-state index in [1.807, 2.05) is 35.2 Å². The molecule has 1 aliphatic carbocycles. The van der Waals surface area contributed by atoms with Gasteiger partial charge in [0.25, 0.3) is 5.56 Å². The van der Waals surface area contributed by atoms with Crippen molar-refractivity contribution < 1.29 is 9.18 Å². The van der Waals surface area contributed by atoms with Gasteiger partial charge in [-0.1, -0.05) is 37.5 Å². The largest absolute Gasteiger partial charge is 0.308 e. The number of halogens is 1. The highest BCUT2D eigenvalue weighted by Gasteiger charge is 2.27. The molecule has 8 heteroatoms. The van der Waals surface area contributed by atoms with Gasteiger partial charge in [0.05, 0.1) is 11.9 Å². The van der Waals surface area contributed by atoms with E-state index in [0.717, 1.165) is 31.4 Å². The summed E-state index contributed by atoms with van der Waals surface area (Å²) in [5, 5.41) is 4.56. The number of para-hydroxylation sites is 1. The Morgan fingerprint density at radius 2 is 1.76 bits per heavy atom. The molecule has 2 heterocycles. The number of carbonyl (C=O) groups is 1. The molecule has 0 radical (unpaired) electrons. The smallest absolute Gasteiger partial charge is 0.264 e. The van der Waals surface area contributed by atoms with Crippen LogP contribution in [0.4, 0.5) is 10.1 Å². The zero-order valence-electron chi connectivity index (χ0n) is 18.1. The SMILES string of the molecule is O=C(Cn1cnc2c(cnn2-c2ccc(F)cc2)c1=O)N(c1ccccc1)C1CCCCC1. The number of nitrogens with zero attached hydrogens (tertiary/aromatic N) is 5. The van der Waals surface area contributed by atoms with E-state index in [2.05, 4.69) is 10.1 Å². The summed E-state index contributed by atoms with van der Waals surface area (Å²) >= 11 is 0. The Morgan fingerprint density at radius 1 is 1.03 bits per heavy atom. The minimum atomic E-state index is -0.357. The molecule has 7 nitrogen and oxygen atoms in total. The van der Waals surface area contributed by atoms with E-state index in [1.165, 1.54) is 40.3 Å². The number of amides is 1. The van der Waals surface area contributed by atoms with Crippen LogP contribution in [-0.2, 0) is 11.3 Å². The number of hydrogen-bond acceptors (Lipinski definition) is 4. The van der Waals surface area contributed by atoms with Crippen LogP contribution in [0.2, 0.25) is 0 Å². The van der Waals surface area contributed by atoms with E-state index >= 15 is 0 Å². The normalized spacial score (nSPS) is 14.5. The fourth-order valence-electron chi connectivity index (χ4n) is 4.54. The summed E-state index contributed by atoms with van der Waals surface area (Å²) in [6.07, 6.45) is 8.11. The van der Waals surface area contributed by atoms with E-state index in [-0.39, 0.29) is 29.9 Å². The fraction of sp³-hybridized carbons (Fsp3) is 0.280. The first-order valence-electron chi connectivity index (χ1n) is 11.2. The molecule has 168 valence electrons. The molecular weight excluding hydrogens is 421 g/mol. The van der Waals surface area contributed by atoms with Gasteiger partial charge in [0.15, 0.2) is 5.65 Å². The maximum absolute atomic E-state index is 13.4. The number of benzene rings is 2. The van der Waals surface area contributed by atoms with E-state index < -0.39 is 0 Å². The molecule has 0 unspecified atom stereocenters. The molecular formula is C25H24FN5O2. The highest BCUT2D eigenvalue weighted by atomic mass is 19.1. The zero-order chi connectivity index (χ0) is 22.8. The number of hydrogen-bond donors (Lipinski definition) is 0. The van der Waals surface area contributed by atoms with Crippen molar-refractivity contribution in [3.8, 4) is 5.69 Å². The van der Waals surface area contributed by atoms with Gasteiger partial charge in [0.2, 0.25) is 5.91 Å². The predicted molar refractivity (Wildman–Crippen MR) is 124 cm³/mol. The molecule has 0 aliphatic heterocycles. The van der Waals surface area contributed by atoms with Crippen LogP contribution in [0.15, 0.2) is 71.9 Å². The minimum absolute atomic E-state index is 0.102. The lowest BCUT2D eigenvalue weighted by Crippen LogP contribution is -2.44. The van der Waals surface area contributed by atoms with E-state index in [1.54, 1.807) is 12.1 Å². The van der Waals surface area contributed by atoms with Crippen LogP contribution in [0, 0.1) is 5.82 Å². The first-order valence-corrected chi connectivity index (χ1v) is 11.2. The third-order valence-corrected chi connectivity index (χ3v) is 6.17. The first kappa shape index (κ1) is 21.1. The van der Waals surface area contributed by atoms with Crippen LogP contribution in [0.25, 0.3) is 16.7 Å². The van der Waals surface area contributed by atoms with Crippen molar-refractivity contribution in [2.75, 3.05) is 4.90 Å². The highest BCUT2D eigenvalue weighted by Crippen LogP contribution is 2.27. The number of rotatable bonds is 5. The van der Waals surface area contributed by atoms with Crippen LogP contribution in [0.5, 0.6) is 0 Å². The molecule has 0 saturated heterocycles. The van der Waals surface area contributed by atoms with Crippen molar-refractivity contribution in [3.05, 3.63) is 83.3 Å². The van der Waals surface area contributed by atoms with Crippen molar-refractivity contribution in [2.24, 2.45) is 0 Å². The molecule has 1 saturated carbocycles. The van der Waals surface area contributed by atoms with Crippen molar-refractivity contribution in [1.82, 2.24) is 19.3 Å². The van der Waals surface area contributed by atoms with E-state index in [9.17, 15) is 14.0 Å². The molecule has 1 aliphatic rings. The van der Waals surface area contributed by atoms with Gasteiger partial charge in [0, 0.05) is 11.7 Å². The molecule has 1 amide bonds. The second kappa shape index (κ2) is 8.97. The lowest BCUT2D eigenvalue weighted by atomic mass is 9.93.